The summed E-state index contributed by atoms with van der Waals surface area (Å²) in [7, 11) is 0. The predicted molar refractivity (Wildman–Crippen MR) is 84.4 cm³/mol. The second-order valence-corrected chi connectivity index (χ2v) is 5.36. The van der Waals surface area contributed by atoms with Crippen molar-refractivity contribution in [2.45, 2.75) is 13.5 Å². The molecule has 0 fully saturated rings. The van der Waals surface area contributed by atoms with Gasteiger partial charge in [-0.25, -0.2) is 0 Å². The third kappa shape index (κ3) is 2.74. The zero-order valence-electron chi connectivity index (χ0n) is 12.2. The van der Waals surface area contributed by atoms with E-state index in [4.69, 9.17) is 21.1 Å². The molecule has 0 spiro atoms. The topological polar surface area (TPSA) is 38.8 Å². The summed E-state index contributed by atoms with van der Waals surface area (Å²) < 4.78 is 10.7. The maximum atomic E-state index is 12.8. The molecular formula is C17H16ClNO3. The molecule has 0 unspecified atom stereocenters. The number of para-hydroxylation sites is 1. The fraction of sp³-hybridized carbons (Fsp3) is 0.235. The molecule has 0 aliphatic carbocycles. The van der Waals surface area contributed by atoms with Crippen LogP contribution in [0.4, 0.5) is 0 Å². The highest BCUT2D eigenvalue weighted by molar-refractivity contribution is 6.31. The Morgan fingerprint density at radius 1 is 1.18 bits per heavy atom. The number of rotatable bonds is 4. The van der Waals surface area contributed by atoms with Gasteiger partial charge in [-0.05, 0) is 30.7 Å². The molecule has 114 valence electrons. The van der Waals surface area contributed by atoms with Gasteiger partial charge in [0.15, 0.2) is 11.5 Å². The number of carbonyl (C=O) groups excluding carboxylic acids is 1. The van der Waals surface area contributed by atoms with Gasteiger partial charge in [-0.2, -0.15) is 0 Å². The molecule has 4 nitrogen and oxygen atoms in total. The normalized spacial score (nSPS) is 12.3. The minimum Gasteiger partial charge on any atom is -0.454 e. The lowest BCUT2D eigenvalue weighted by Gasteiger charge is -2.22. The van der Waals surface area contributed by atoms with Gasteiger partial charge in [0.2, 0.25) is 6.79 Å². The van der Waals surface area contributed by atoms with E-state index in [2.05, 4.69) is 0 Å². The monoisotopic (exact) mass is 317 g/mol. The van der Waals surface area contributed by atoms with Crippen LogP contribution in [0.5, 0.6) is 11.5 Å². The summed E-state index contributed by atoms with van der Waals surface area (Å²) in [6.07, 6.45) is 0. The van der Waals surface area contributed by atoms with Crippen LogP contribution in [-0.2, 0) is 6.54 Å². The first-order chi connectivity index (χ1) is 10.7. The molecule has 1 heterocycles. The number of benzene rings is 2. The van der Waals surface area contributed by atoms with Gasteiger partial charge in [0, 0.05) is 18.1 Å². The lowest BCUT2D eigenvalue weighted by Crippen LogP contribution is -2.30. The number of nitrogens with zero attached hydrogens (tertiary/aromatic N) is 1. The third-order valence-electron chi connectivity index (χ3n) is 3.61. The first-order valence-corrected chi connectivity index (χ1v) is 7.49. The van der Waals surface area contributed by atoms with Crippen molar-refractivity contribution in [3.8, 4) is 11.5 Å². The molecule has 22 heavy (non-hydrogen) atoms. The van der Waals surface area contributed by atoms with Gasteiger partial charge in [-0.15, -0.1) is 0 Å². The van der Waals surface area contributed by atoms with Crippen LogP contribution in [0.3, 0.4) is 0 Å². The third-order valence-corrected chi connectivity index (χ3v) is 3.98. The van der Waals surface area contributed by atoms with E-state index in [0.717, 1.165) is 5.56 Å². The molecule has 0 saturated carbocycles. The van der Waals surface area contributed by atoms with E-state index in [1.54, 1.807) is 23.1 Å². The highest BCUT2D eigenvalue weighted by Gasteiger charge is 2.25. The summed E-state index contributed by atoms with van der Waals surface area (Å²) in [5, 5.41) is 0.659. The summed E-state index contributed by atoms with van der Waals surface area (Å²) in [4.78, 5) is 14.5. The summed E-state index contributed by atoms with van der Waals surface area (Å²) in [5.74, 6) is 1.04. The Labute approximate surface area is 134 Å². The summed E-state index contributed by atoms with van der Waals surface area (Å²) in [6, 6.07) is 12.9. The average molecular weight is 318 g/mol. The Kier molecular flexibility index (Phi) is 4.20. The van der Waals surface area contributed by atoms with E-state index in [1.165, 1.54) is 0 Å². The number of hydrogen-bond donors (Lipinski definition) is 0. The van der Waals surface area contributed by atoms with E-state index in [-0.39, 0.29) is 12.7 Å². The van der Waals surface area contributed by atoms with Crippen molar-refractivity contribution in [2.24, 2.45) is 0 Å². The number of ether oxygens (including phenoxy) is 2. The predicted octanol–water partition coefficient (Wildman–Crippen LogP) is 3.73. The van der Waals surface area contributed by atoms with Crippen LogP contribution in [0.15, 0.2) is 42.5 Å². The van der Waals surface area contributed by atoms with Crippen molar-refractivity contribution in [2.75, 3.05) is 13.3 Å². The Hall–Kier alpha value is -2.20. The van der Waals surface area contributed by atoms with Crippen molar-refractivity contribution in [3.05, 3.63) is 58.6 Å². The number of amides is 1. The van der Waals surface area contributed by atoms with Crippen LogP contribution < -0.4 is 9.47 Å². The van der Waals surface area contributed by atoms with Crippen molar-refractivity contribution in [3.63, 3.8) is 0 Å². The van der Waals surface area contributed by atoms with Crippen LogP contribution in [0.1, 0.15) is 22.8 Å². The smallest absolute Gasteiger partial charge is 0.258 e. The maximum absolute atomic E-state index is 12.8. The van der Waals surface area contributed by atoms with Crippen LogP contribution in [0.2, 0.25) is 5.02 Å². The standard InChI is InChI=1S/C17H16ClNO3/c1-2-19(10-12-6-3-4-8-14(12)18)17(20)13-7-5-9-15-16(13)22-11-21-15/h3-9H,2,10-11H2,1H3. The molecule has 0 saturated heterocycles. The number of carbonyl (C=O) groups is 1. The minimum absolute atomic E-state index is 0.0928. The molecule has 5 heteroatoms. The fourth-order valence-electron chi connectivity index (χ4n) is 2.43. The first-order valence-electron chi connectivity index (χ1n) is 7.12. The first kappa shape index (κ1) is 14.7. The second-order valence-electron chi connectivity index (χ2n) is 4.95. The van der Waals surface area contributed by atoms with Gasteiger partial charge >= 0.3 is 0 Å². The molecule has 1 aliphatic heterocycles. The molecule has 0 atom stereocenters. The zero-order valence-corrected chi connectivity index (χ0v) is 13.0. The SMILES string of the molecule is CCN(Cc1ccccc1Cl)C(=O)c1cccc2c1OCO2. The number of halogens is 1. The van der Waals surface area contributed by atoms with E-state index in [0.29, 0.717) is 35.2 Å². The van der Waals surface area contributed by atoms with Crippen molar-refractivity contribution < 1.29 is 14.3 Å². The van der Waals surface area contributed by atoms with Gasteiger partial charge in [0.25, 0.3) is 5.91 Å². The van der Waals surface area contributed by atoms with Gasteiger partial charge in [0.1, 0.15) is 0 Å². The molecule has 0 bridgehead atoms. The van der Waals surface area contributed by atoms with Crippen molar-refractivity contribution in [1.29, 1.82) is 0 Å². The van der Waals surface area contributed by atoms with E-state index < -0.39 is 0 Å². The number of hydrogen-bond acceptors (Lipinski definition) is 3. The Balaban J connectivity index is 1.87. The van der Waals surface area contributed by atoms with Crippen molar-refractivity contribution >= 4 is 17.5 Å². The Morgan fingerprint density at radius 2 is 2.00 bits per heavy atom. The minimum atomic E-state index is -0.0928. The van der Waals surface area contributed by atoms with Gasteiger partial charge in [0.05, 0.1) is 5.56 Å². The fourth-order valence-corrected chi connectivity index (χ4v) is 2.62. The van der Waals surface area contributed by atoms with E-state index >= 15 is 0 Å². The molecule has 2 aromatic carbocycles. The summed E-state index contributed by atoms with van der Waals surface area (Å²) >= 11 is 6.19. The quantitative estimate of drug-likeness (QED) is 0.862. The van der Waals surface area contributed by atoms with Gasteiger partial charge < -0.3 is 14.4 Å². The highest BCUT2D eigenvalue weighted by Crippen LogP contribution is 2.36. The molecule has 0 aromatic heterocycles. The Bertz CT molecular complexity index is 702. The van der Waals surface area contributed by atoms with E-state index in [9.17, 15) is 4.79 Å². The van der Waals surface area contributed by atoms with Crippen molar-refractivity contribution in [1.82, 2.24) is 4.90 Å². The lowest BCUT2D eigenvalue weighted by molar-refractivity contribution is 0.0748. The highest BCUT2D eigenvalue weighted by atomic mass is 35.5. The molecule has 1 aliphatic rings. The number of fused-ring (bicyclic) bond motifs is 1. The summed E-state index contributed by atoms with van der Waals surface area (Å²) in [5.41, 5.74) is 1.44. The molecule has 0 N–H and O–H groups in total. The van der Waals surface area contributed by atoms with Crippen LogP contribution in [0.25, 0.3) is 0 Å². The molecule has 0 radical (unpaired) electrons. The lowest BCUT2D eigenvalue weighted by atomic mass is 10.1. The maximum Gasteiger partial charge on any atom is 0.258 e. The second kappa shape index (κ2) is 6.28. The summed E-state index contributed by atoms with van der Waals surface area (Å²) in [6.45, 7) is 3.12. The largest absolute Gasteiger partial charge is 0.454 e. The van der Waals surface area contributed by atoms with Crippen LogP contribution in [0, 0.1) is 0 Å². The van der Waals surface area contributed by atoms with Gasteiger partial charge in [-0.1, -0.05) is 35.9 Å². The molecule has 3 rings (SSSR count). The van der Waals surface area contributed by atoms with E-state index in [1.807, 2.05) is 31.2 Å². The average Bonchev–Trinajstić information content (AvgIpc) is 3.02. The zero-order chi connectivity index (χ0) is 15.5. The Morgan fingerprint density at radius 3 is 2.77 bits per heavy atom. The van der Waals surface area contributed by atoms with Crippen LogP contribution in [-0.4, -0.2) is 24.1 Å². The molecule has 1 amide bonds. The molecular weight excluding hydrogens is 302 g/mol. The van der Waals surface area contributed by atoms with Gasteiger partial charge in [-0.3, -0.25) is 4.79 Å². The van der Waals surface area contributed by atoms with Crippen LogP contribution >= 0.6 is 11.6 Å². The molecule has 2 aromatic rings.